The minimum Gasteiger partial charge on any atom is -0.289 e. The minimum absolute atomic E-state index is 0.117. The van der Waals surface area contributed by atoms with Crippen LogP contribution in [0.5, 0.6) is 0 Å². The van der Waals surface area contributed by atoms with Crippen molar-refractivity contribution >= 4 is 5.78 Å². The highest BCUT2D eigenvalue weighted by atomic mass is 16.1. The smallest absolute Gasteiger partial charge is 0.186 e. The van der Waals surface area contributed by atoms with E-state index in [2.05, 4.69) is 18.2 Å². The van der Waals surface area contributed by atoms with Gasteiger partial charge in [0, 0.05) is 5.56 Å². The lowest BCUT2D eigenvalue weighted by molar-refractivity contribution is 0.104. The minimum atomic E-state index is 0.117. The summed E-state index contributed by atoms with van der Waals surface area (Å²) in [6.45, 7) is 0. The first kappa shape index (κ1) is 10.3. The molecule has 0 unspecified atom stereocenters. The Bertz CT molecular complexity index is 559. The molecule has 0 radical (unpaired) electrons. The average Bonchev–Trinajstić information content (AvgIpc) is 2.36. The Labute approximate surface area is 101 Å². The molecule has 0 aliphatic heterocycles. The Morgan fingerprint density at radius 2 is 1.88 bits per heavy atom. The molecule has 0 N–H and O–H groups in total. The number of rotatable bonds is 0. The molecule has 3 rings (SSSR count). The number of allylic oxidation sites excluding steroid dienone is 6. The third-order valence-corrected chi connectivity index (χ3v) is 3.42. The van der Waals surface area contributed by atoms with Gasteiger partial charge in [0.1, 0.15) is 0 Å². The highest BCUT2D eigenvalue weighted by Crippen LogP contribution is 2.27. The Morgan fingerprint density at radius 3 is 2.82 bits per heavy atom. The van der Waals surface area contributed by atoms with E-state index in [0.717, 1.165) is 30.4 Å². The molecule has 1 nitrogen and oxygen atoms in total. The molecule has 0 fully saturated rings. The summed E-state index contributed by atoms with van der Waals surface area (Å²) in [5.41, 5.74) is 4.68. The van der Waals surface area contributed by atoms with Crippen molar-refractivity contribution in [3.63, 3.8) is 0 Å². The number of benzene rings is 1. The van der Waals surface area contributed by atoms with E-state index in [1.165, 1.54) is 11.1 Å². The summed E-state index contributed by atoms with van der Waals surface area (Å²) in [5, 5.41) is 0. The van der Waals surface area contributed by atoms with Crippen LogP contribution in [0.4, 0.5) is 0 Å². The molecule has 2 aliphatic rings. The van der Waals surface area contributed by atoms with Crippen LogP contribution in [0.3, 0.4) is 0 Å². The SMILES string of the molecule is O=C1C=CC2=C(CCC=C2)Cc2ccccc21. The lowest BCUT2D eigenvalue weighted by atomic mass is 9.87. The molecule has 0 spiro atoms. The second-order valence-electron chi connectivity index (χ2n) is 4.53. The lowest BCUT2D eigenvalue weighted by Crippen LogP contribution is -2.07. The monoisotopic (exact) mass is 222 g/mol. The maximum absolute atomic E-state index is 12.0. The van der Waals surface area contributed by atoms with Gasteiger partial charge in [0.05, 0.1) is 0 Å². The summed E-state index contributed by atoms with van der Waals surface area (Å²) in [5.74, 6) is 0.117. The molecule has 0 aromatic heterocycles. The van der Waals surface area contributed by atoms with E-state index < -0.39 is 0 Å². The summed E-state index contributed by atoms with van der Waals surface area (Å²) < 4.78 is 0. The predicted octanol–water partition coefficient (Wildman–Crippen LogP) is 3.63. The number of fused-ring (bicyclic) bond motifs is 1. The van der Waals surface area contributed by atoms with Gasteiger partial charge < -0.3 is 0 Å². The maximum atomic E-state index is 12.0. The molecular weight excluding hydrogens is 208 g/mol. The van der Waals surface area contributed by atoms with Crippen molar-refractivity contribution in [1.82, 2.24) is 0 Å². The standard InChI is InChI=1S/C16H14O/c17-16-10-9-12-5-1-2-6-13(12)11-14-7-3-4-8-15(14)16/h1,3-5,7-10H,2,6,11H2. The van der Waals surface area contributed by atoms with Gasteiger partial charge in [-0.15, -0.1) is 0 Å². The van der Waals surface area contributed by atoms with Crippen LogP contribution in [0.25, 0.3) is 0 Å². The van der Waals surface area contributed by atoms with Gasteiger partial charge in [-0.1, -0.05) is 48.1 Å². The topological polar surface area (TPSA) is 17.1 Å². The first-order valence-electron chi connectivity index (χ1n) is 6.03. The van der Waals surface area contributed by atoms with Crippen molar-refractivity contribution in [3.8, 4) is 0 Å². The van der Waals surface area contributed by atoms with Crippen LogP contribution in [0.15, 0.2) is 59.7 Å². The first-order chi connectivity index (χ1) is 8.34. The van der Waals surface area contributed by atoms with Crippen LogP contribution >= 0.6 is 0 Å². The number of hydrogen-bond acceptors (Lipinski definition) is 1. The van der Waals surface area contributed by atoms with E-state index in [0.29, 0.717) is 0 Å². The number of ketones is 1. The normalized spacial score (nSPS) is 18.5. The fraction of sp³-hybridized carbons (Fsp3) is 0.188. The quantitative estimate of drug-likeness (QED) is 0.655. The van der Waals surface area contributed by atoms with Crippen LogP contribution in [-0.2, 0) is 6.42 Å². The van der Waals surface area contributed by atoms with Gasteiger partial charge in [-0.3, -0.25) is 4.79 Å². The van der Waals surface area contributed by atoms with Crippen molar-refractivity contribution in [2.75, 3.05) is 0 Å². The molecule has 1 aromatic rings. The molecule has 0 saturated carbocycles. The van der Waals surface area contributed by atoms with Crippen molar-refractivity contribution in [3.05, 3.63) is 70.8 Å². The third kappa shape index (κ3) is 1.89. The van der Waals surface area contributed by atoms with Crippen LogP contribution in [0, 0.1) is 0 Å². The van der Waals surface area contributed by atoms with Crippen LogP contribution in [0.2, 0.25) is 0 Å². The highest BCUT2D eigenvalue weighted by molar-refractivity contribution is 6.06. The van der Waals surface area contributed by atoms with E-state index in [1.807, 2.05) is 24.3 Å². The van der Waals surface area contributed by atoms with Gasteiger partial charge in [0.15, 0.2) is 5.78 Å². The fourth-order valence-electron chi connectivity index (χ4n) is 2.49. The van der Waals surface area contributed by atoms with E-state index >= 15 is 0 Å². The van der Waals surface area contributed by atoms with Crippen molar-refractivity contribution < 1.29 is 4.79 Å². The predicted molar refractivity (Wildman–Crippen MR) is 69.0 cm³/mol. The molecule has 1 aromatic carbocycles. The van der Waals surface area contributed by atoms with E-state index in [-0.39, 0.29) is 5.78 Å². The molecule has 2 aliphatic carbocycles. The van der Waals surface area contributed by atoms with Gasteiger partial charge in [-0.2, -0.15) is 0 Å². The van der Waals surface area contributed by atoms with E-state index in [4.69, 9.17) is 0 Å². The number of carbonyl (C=O) groups is 1. The Kier molecular flexibility index (Phi) is 2.52. The second kappa shape index (κ2) is 4.17. The summed E-state index contributed by atoms with van der Waals surface area (Å²) in [6.07, 6.45) is 11.1. The summed E-state index contributed by atoms with van der Waals surface area (Å²) in [4.78, 5) is 12.0. The molecule has 0 amide bonds. The molecule has 0 saturated heterocycles. The molecule has 0 heterocycles. The third-order valence-electron chi connectivity index (χ3n) is 3.42. The van der Waals surface area contributed by atoms with Gasteiger partial charge in [-0.25, -0.2) is 0 Å². The van der Waals surface area contributed by atoms with Crippen molar-refractivity contribution in [2.45, 2.75) is 19.3 Å². The number of carbonyl (C=O) groups excluding carboxylic acids is 1. The van der Waals surface area contributed by atoms with Crippen LogP contribution in [0.1, 0.15) is 28.8 Å². The number of hydrogen-bond donors (Lipinski definition) is 0. The fourth-order valence-corrected chi connectivity index (χ4v) is 2.49. The molecule has 0 atom stereocenters. The van der Waals surface area contributed by atoms with Crippen LogP contribution in [-0.4, -0.2) is 5.78 Å². The zero-order valence-corrected chi connectivity index (χ0v) is 9.65. The summed E-state index contributed by atoms with van der Waals surface area (Å²) in [7, 11) is 0. The zero-order chi connectivity index (χ0) is 11.7. The Morgan fingerprint density at radius 1 is 1.00 bits per heavy atom. The van der Waals surface area contributed by atoms with Gasteiger partial charge in [-0.05, 0) is 36.5 Å². The molecule has 0 bridgehead atoms. The zero-order valence-electron chi connectivity index (χ0n) is 9.65. The van der Waals surface area contributed by atoms with E-state index in [9.17, 15) is 4.79 Å². The van der Waals surface area contributed by atoms with Gasteiger partial charge >= 0.3 is 0 Å². The largest absolute Gasteiger partial charge is 0.289 e. The summed E-state index contributed by atoms with van der Waals surface area (Å²) >= 11 is 0. The first-order valence-corrected chi connectivity index (χ1v) is 6.03. The molecular formula is C16H14O. The Hall–Kier alpha value is -1.89. The molecule has 84 valence electrons. The average molecular weight is 222 g/mol. The maximum Gasteiger partial charge on any atom is 0.186 e. The van der Waals surface area contributed by atoms with Crippen LogP contribution < -0.4 is 0 Å². The lowest BCUT2D eigenvalue weighted by Gasteiger charge is -2.17. The molecule has 1 heteroatoms. The Balaban J connectivity index is 2.14. The molecule has 17 heavy (non-hydrogen) atoms. The highest BCUT2D eigenvalue weighted by Gasteiger charge is 2.15. The van der Waals surface area contributed by atoms with Gasteiger partial charge in [0.25, 0.3) is 0 Å². The van der Waals surface area contributed by atoms with E-state index in [1.54, 1.807) is 6.08 Å². The summed E-state index contributed by atoms with van der Waals surface area (Å²) in [6, 6.07) is 7.93. The van der Waals surface area contributed by atoms with Crippen molar-refractivity contribution in [2.24, 2.45) is 0 Å². The van der Waals surface area contributed by atoms with Crippen molar-refractivity contribution in [1.29, 1.82) is 0 Å². The second-order valence-corrected chi connectivity index (χ2v) is 4.53. The van der Waals surface area contributed by atoms with Gasteiger partial charge in [0.2, 0.25) is 0 Å².